The van der Waals surface area contributed by atoms with Gasteiger partial charge in [-0.05, 0) is 36.8 Å². The normalized spacial score (nSPS) is 11.4. The molecule has 0 unspecified atom stereocenters. The molecule has 2 aromatic heterocycles. The summed E-state index contributed by atoms with van der Waals surface area (Å²) >= 11 is 6.03. The smallest absolute Gasteiger partial charge is 0.358 e. The lowest BCUT2D eigenvalue weighted by atomic mass is 10.2. The first-order valence-electron chi connectivity index (χ1n) is 6.58. The molecule has 7 nitrogen and oxygen atoms in total. The number of imidazole rings is 1. The highest BCUT2D eigenvalue weighted by atomic mass is 35.5. The van der Waals surface area contributed by atoms with Crippen molar-refractivity contribution in [1.82, 2.24) is 9.38 Å². The van der Waals surface area contributed by atoms with Gasteiger partial charge in [0, 0.05) is 11.2 Å². The van der Waals surface area contributed by atoms with Gasteiger partial charge in [-0.1, -0.05) is 17.7 Å². The second kappa shape index (κ2) is 5.69. The van der Waals surface area contributed by atoms with E-state index in [1.54, 1.807) is 30.5 Å². The first-order chi connectivity index (χ1) is 11.0. The van der Waals surface area contributed by atoms with Gasteiger partial charge in [0.1, 0.15) is 0 Å². The summed E-state index contributed by atoms with van der Waals surface area (Å²) in [7, 11) is 0. The van der Waals surface area contributed by atoms with Crippen molar-refractivity contribution in [3.63, 3.8) is 0 Å². The highest BCUT2D eigenvalue weighted by Gasteiger charge is 2.19. The van der Waals surface area contributed by atoms with Crippen LogP contribution in [0.15, 0.2) is 46.8 Å². The largest absolute Gasteiger partial charge is 0.504 e. The predicted octanol–water partition coefficient (Wildman–Crippen LogP) is 4.12. The minimum absolute atomic E-state index is 0.0140. The number of azo groups is 1. The maximum Gasteiger partial charge on any atom is 0.358 e. The molecule has 3 aromatic rings. The number of halogens is 1. The summed E-state index contributed by atoms with van der Waals surface area (Å²) in [5.41, 5.74) is 1.18. The van der Waals surface area contributed by atoms with Crippen molar-refractivity contribution in [3.05, 3.63) is 52.8 Å². The van der Waals surface area contributed by atoms with Crippen LogP contribution in [0.2, 0.25) is 5.02 Å². The number of carboxylic acids is 1. The molecular formula is C15H11ClN4O3. The molecule has 0 aliphatic heterocycles. The number of aromatic nitrogens is 2. The van der Waals surface area contributed by atoms with Gasteiger partial charge in [-0.25, -0.2) is 9.78 Å². The average molecular weight is 331 g/mol. The summed E-state index contributed by atoms with van der Waals surface area (Å²) in [6.07, 6.45) is 1.55. The van der Waals surface area contributed by atoms with Gasteiger partial charge in [0.25, 0.3) is 0 Å². The molecule has 0 saturated carbocycles. The minimum atomic E-state index is -1.26. The van der Waals surface area contributed by atoms with E-state index in [9.17, 15) is 15.0 Å². The van der Waals surface area contributed by atoms with Crippen LogP contribution in [-0.2, 0) is 0 Å². The van der Waals surface area contributed by atoms with E-state index in [1.807, 2.05) is 6.92 Å². The number of pyridine rings is 1. The summed E-state index contributed by atoms with van der Waals surface area (Å²) in [5, 5.41) is 27.6. The number of benzene rings is 1. The van der Waals surface area contributed by atoms with E-state index in [1.165, 1.54) is 10.5 Å². The molecule has 0 atom stereocenters. The van der Waals surface area contributed by atoms with E-state index in [4.69, 9.17) is 11.6 Å². The van der Waals surface area contributed by atoms with E-state index in [2.05, 4.69) is 15.2 Å². The number of nitrogens with zero attached hydrogens (tertiary/aromatic N) is 4. The molecule has 0 amide bonds. The lowest BCUT2D eigenvalue weighted by molar-refractivity contribution is 0.0692. The van der Waals surface area contributed by atoms with E-state index >= 15 is 0 Å². The molecule has 2 heterocycles. The third-order valence-electron chi connectivity index (χ3n) is 3.22. The summed E-state index contributed by atoms with van der Waals surface area (Å²) < 4.78 is 1.36. The Labute approximate surface area is 135 Å². The number of aryl methyl sites for hydroxylation is 1. The highest BCUT2D eigenvalue weighted by Crippen LogP contribution is 2.29. The van der Waals surface area contributed by atoms with Gasteiger partial charge in [-0.3, -0.25) is 4.40 Å². The molecule has 116 valence electrons. The zero-order valence-corrected chi connectivity index (χ0v) is 12.7. The van der Waals surface area contributed by atoms with Crippen LogP contribution in [0.1, 0.15) is 16.1 Å². The Kier molecular flexibility index (Phi) is 3.71. The molecule has 0 aliphatic carbocycles. The zero-order valence-electron chi connectivity index (χ0n) is 11.9. The molecule has 3 rings (SSSR count). The first kappa shape index (κ1) is 15.0. The number of hydrogen-bond donors (Lipinski definition) is 2. The van der Waals surface area contributed by atoms with E-state index in [0.717, 1.165) is 5.56 Å². The van der Waals surface area contributed by atoms with Gasteiger partial charge in [0.05, 0.1) is 5.69 Å². The molecule has 8 heteroatoms. The Hall–Kier alpha value is -2.93. The summed E-state index contributed by atoms with van der Waals surface area (Å²) in [4.78, 5) is 15.2. The van der Waals surface area contributed by atoms with Crippen molar-refractivity contribution >= 4 is 34.7 Å². The third-order valence-corrected chi connectivity index (χ3v) is 3.63. The predicted molar refractivity (Wildman–Crippen MR) is 84.2 cm³/mol. The topological polar surface area (TPSA) is 99.5 Å². The Morgan fingerprint density at radius 1 is 1.30 bits per heavy atom. The van der Waals surface area contributed by atoms with Gasteiger partial charge in [0.2, 0.25) is 0 Å². The van der Waals surface area contributed by atoms with Crippen LogP contribution in [-0.4, -0.2) is 25.6 Å². The fourth-order valence-electron chi connectivity index (χ4n) is 2.03. The summed E-state index contributed by atoms with van der Waals surface area (Å²) in [6.45, 7) is 1.86. The molecule has 2 N–H and O–H groups in total. The van der Waals surface area contributed by atoms with E-state index in [0.29, 0.717) is 10.7 Å². The van der Waals surface area contributed by atoms with Crippen molar-refractivity contribution in [2.45, 2.75) is 6.92 Å². The van der Waals surface area contributed by atoms with Crippen LogP contribution < -0.4 is 0 Å². The molecule has 0 bridgehead atoms. The zero-order chi connectivity index (χ0) is 16.6. The highest BCUT2D eigenvalue weighted by molar-refractivity contribution is 6.31. The maximum absolute atomic E-state index is 11.3. The monoisotopic (exact) mass is 330 g/mol. The SMILES string of the molecule is Cc1ccc(N=Nc2c(C(=O)O)nc3c(O)cccn23)cc1Cl. The number of aromatic carboxylic acids is 1. The number of rotatable bonds is 3. The van der Waals surface area contributed by atoms with Crippen LogP contribution in [0.4, 0.5) is 11.5 Å². The van der Waals surface area contributed by atoms with Crippen LogP contribution in [0, 0.1) is 6.92 Å². The van der Waals surface area contributed by atoms with Crippen molar-refractivity contribution in [3.8, 4) is 5.75 Å². The lowest BCUT2D eigenvalue weighted by Crippen LogP contribution is -1.96. The molecule has 23 heavy (non-hydrogen) atoms. The number of carbonyl (C=O) groups is 1. The van der Waals surface area contributed by atoms with Crippen molar-refractivity contribution in [2.75, 3.05) is 0 Å². The van der Waals surface area contributed by atoms with Gasteiger partial charge in [0.15, 0.2) is 22.9 Å². The quantitative estimate of drug-likeness (QED) is 0.705. The molecule has 1 aromatic carbocycles. The summed E-state index contributed by atoms with van der Waals surface area (Å²) in [6, 6.07) is 8.09. The van der Waals surface area contributed by atoms with Crippen molar-refractivity contribution < 1.29 is 15.0 Å². The molecule has 0 spiro atoms. The molecule has 0 aliphatic rings. The lowest BCUT2D eigenvalue weighted by Gasteiger charge is -1.99. The van der Waals surface area contributed by atoms with Gasteiger partial charge in [-0.2, -0.15) is 0 Å². The van der Waals surface area contributed by atoms with Crippen molar-refractivity contribution in [1.29, 1.82) is 0 Å². The second-order valence-electron chi connectivity index (χ2n) is 4.81. The molecular weight excluding hydrogens is 320 g/mol. The van der Waals surface area contributed by atoms with Gasteiger partial charge >= 0.3 is 5.97 Å². The minimum Gasteiger partial charge on any atom is -0.504 e. The van der Waals surface area contributed by atoms with Gasteiger partial charge < -0.3 is 10.2 Å². The van der Waals surface area contributed by atoms with Crippen LogP contribution in [0.3, 0.4) is 0 Å². The summed E-state index contributed by atoms with van der Waals surface area (Å²) in [5.74, 6) is -1.39. The van der Waals surface area contributed by atoms with E-state index < -0.39 is 5.97 Å². The van der Waals surface area contributed by atoms with Crippen LogP contribution >= 0.6 is 11.6 Å². The molecule has 0 radical (unpaired) electrons. The number of carboxylic acid groups (broad SMARTS) is 1. The fourth-order valence-corrected chi connectivity index (χ4v) is 2.20. The Bertz CT molecular complexity index is 949. The first-order valence-corrected chi connectivity index (χ1v) is 6.96. The van der Waals surface area contributed by atoms with Gasteiger partial charge in [-0.15, -0.1) is 10.2 Å². The Morgan fingerprint density at radius 3 is 2.78 bits per heavy atom. The number of fused-ring (bicyclic) bond motifs is 1. The number of hydrogen-bond acceptors (Lipinski definition) is 5. The third kappa shape index (κ3) is 2.74. The average Bonchev–Trinajstić information content (AvgIpc) is 2.89. The molecule has 0 saturated heterocycles. The molecule has 0 fully saturated rings. The Balaban J connectivity index is 2.13. The maximum atomic E-state index is 11.3. The van der Waals surface area contributed by atoms with Crippen molar-refractivity contribution in [2.24, 2.45) is 10.2 Å². The van der Waals surface area contributed by atoms with E-state index in [-0.39, 0.29) is 22.9 Å². The van der Waals surface area contributed by atoms with Crippen LogP contribution in [0.5, 0.6) is 5.75 Å². The number of aromatic hydroxyl groups is 1. The Morgan fingerprint density at radius 2 is 2.09 bits per heavy atom. The standard InChI is InChI=1S/C15H11ClN4O3/c1-8-4-5-9(7-10(8)16)18-19-14-12(15(22)23)17-13-11(21)3-2-6-20(13)14/h2-7,21H,1H3,(H,22,23). The van der Waals surface area contributed by atoms with Crippen LogP contribution in [0.25, 0.3) is 5.65 Å². The fraction of sp³-hybridized carbons (Fsp3) is 0.0667. The second-order valence-corrected chi connectivity index (χ2v) is 5.22.